The molecule has 0 aliphatic rings. The molecule has 1 rings (SSSR count). The summed E-state index contributed by atoms with van der Waals surface area (Å²) >= 11 is 5.92. The fourth-order valence-corrected chi connectivity index (χ4v) is 1.69. The van der Waals surface area contributed by atoms with Gasteiger partial charge < -0.3 is 9.73 Å². The number of halogens is 1. The van der Waals surface area contributed by atoms with Crippen molar-refractivity contribution in [1.29, 1.82) is 0 Å². The van der Waals surface area contributed by atoms with Crippen LogP contribution in [0.25, 0.3) is 0 Å². The van der Waals surface area contributed by atoms with Gasteiger partial charge in [0.15, 0.2) is 5.22 Å². The minimum atomic E-state index is 0.212. The first-order valence-electron chi connectivity index (χ1n) is 4.75. The molecule has 0 spiro atoms. The number of nitrogens with one attached hydrogen (secondary N) is 1. The number of furan rings is 1. The van der Waals surface area contributed by atoms with Gasteiger partial charge in [-0.2, -0.15) is 0 Å². The van der Waals surface area contributed by atoms with Gasteiger partial charge in [0.1, 0.15) is 0 Å². The molecule has 1 unspecified atom stereocenters. The molecular weight excluding hydrogens is 198 g/mol. The maximum absolute atomic E-state index is 5.92. The maximum Gasteiger partial charge on any atom is 0.197 e. The summed E-state index contributed by atoms with van der Waals surface area (Å²) in [5.74, 6) is 0. The van der Waals surface area contributed by atoms with Crippen molar-refractivity contribution in [2.75, 3.05) is 6.54 Å². The lowest BCUT2D eigenvalue weighted by molar-refractivity contribution is 0.525. The Labute approximate surface area is 89.9 Å². The molecule has 1 atom stereocenters. The smallest absolute Gasteiger partial charge is 0.197 e. The minimum Gasteiger partial charge on any atom is -0.453 e. The Balaban J connectivity index is 2.77. The molecule has 3 heteroatoms. The van der Waals surface area contributed by atoms with Crippen LogP contribution < -0.4 is 5.32 Å². The van der Waals surface area contributed by atoms with Crippen LogP contribution in [-0.4, -0.2) is 6.54 Å². The lowest BCUT2D eigenvalue weighted by Gasteiger charge is -2.16. The number of rotatable bonds is 5. The van der Waals surface area contributed by atoms with Gasteiger partial charge in [-0.15, -0.1) is 6.58 Å². The Bertz CT molecular complexity index is 306. The first kappa shape index (κ1) is 11.3. The van der Waals surface area contributed by atoms with Crippen LogP contribution in [0.4, 0.5) is 0 Å². The quantitative estimate of drug-likeness (QED) is 0.757. The predicted octanol–water partition coefficient (Wildman–Crippen LogP) is 3.55. The SMILES string of the molecule is C=C(C)CC(NCC)c1ccoc1Cl. The van der Waals surface area contributed by atoms with E-state index in [4.69, 9.17) is 16.0 Å². The number of hydrogen-bond donors (Lipinski definition) is 1. The average Bonchev–Trinajstić information content (AvgIpc) is 2.50. The van der Waals surface area contributed by atoms with E-state index in [9.17, 15) is 0 Å². The molecule has 0 saturated carbocycles. The molecule has 78 valence electrons. The first-order chi connectivity index (χ1) is 6.65. The van der Waals surface area contributed by atoms with Gasteiger partial charge in [0.25, 0.3) is 0 Å². The molecule has 0 aliphatic carbocycles. The number of hydrogen-bond acceptors (Lipinski definition) is 2. The summed E-state index contributed by atoms with van der Waals surface area (Å²) in [4.78, 5) is 0. The molecule has 1 N–H and O–H groups in total. The van der Waals surface area contributed by atoms with Crippen LogP contribution in [0.3, 0.4) is 0 Å². The third-order valence-corrected chi connectivity index (χ3v) is 2.33. The van der Waals surface area contributed by atoms with Gasteiger partial charge in [0.2, 0.25) is 0 Å². The highest BCUT2D eigenvalue weighted by molar-refractivity contribution is 6.29. The summed E-state index contributed by atoms with van der Waals surface area (Å²) in [6.45, 7) is 8.89. The highest BCUT2D eigenvalue weighted by Crippen LogP contribution is 2.27. The van der Waals surface area contributed by atoms with Crippen molar-refractivity contribution in [3.8, 4) is 0 Å². The average molecular weight is 214 g/mol. The van der Waals surface area contributed by atoms with Gasteiger partial charge in [0.05, 0.1) is 6.26 Å². The molecule has 14 heavy (non-hydrogen) atoms. The molecule has 0 aromatic carbocycles. The molecule has 0 radical (unpaired) electrons. The highest BCUT2D eigenvalue weighted by Gasteiger charge is 2.15. The van der Waals surface area contributed by atoms with E-state index in [2.05, 4.69) is 18.8 Å². The Kier molecular flexibility index (Phi) is 4.23. The summed E-state index contributed by atoms with van der Waals surface area (Å²) in [7, 11) is 0. The molecule has 0 fully saturated rings. The molecule has 1 aromatic rings. The lowest BCUT2D eigenvalue weighted by atomic mass is 10.0. The zero-order chi connectivity index (χ0) is 10.6. The van der Waals surface area contributed by atoms with Gasteiger partial charge in [-0.3, -0.25) is 0 Å². The topological polar surface area (TPSA) is 25.2 Å². The van der Waals surface area contributed by atoms with Crippen molar-refractivity contribution in [3.63, 3.8) is 0 Å². The van der Waals surface area contributed by atoms with Crippen molar-refractivity contribution < 1.29 is 4.42 Å². The van der Waals surface area contributed by atoms with E-state index in [1.807, 2.05) is 13.0 Å². The van der Waals surface area contributed by atoms with Crippen molar-refractivity contribution in [2.45, 2.75) is 26.3 Å². The summed E-state index contributed by atoms with van der Waals surface area (Å²) in [5, 5.41) is 3.82. The third-order valence-electron chi connectivity index (χ3n) is 2.02. The normalized spacial score (nSPS) is 12.8. The van der Waals surface area contributed by atoms with E-state index in [0.29, 0.717) is 5.22 Å². The highest BCUT2D eigenvalue weighted by atomic mass is 35.5. The van der Waals surface area contributed by atoms with Gasteiger partial charge in [-0.25, -0.2) is 0 Å². The monoisotopic (exact) mass is 213 g/mol. The van der Waals surface area contributed by atoms with E-state index >= 15 is 0 Å². The van der Waals surface area contributed by atoms with E-state index in [1.54, 1.807) is 6.26 Å². The van der Waals surface area contributed by atoms with Crippen LogP contribution in [-0.2, 0) is 0 Å². The van der Waals surface area contributed by atoms with Crippen LogP contribution >= 0.6 is 11.6 Å². The summed E-state index contributed by atoms with van der Waals surface area (Å²) < 4.78 is 5.07. The summed E-state index contributed by atoms with van der Waals surface area (Å²) in [6.07, 6.45) is 2.49. The molecule has 0 amide bonds. The first-order valence-corrected chi connectivity index (χ1v) is 5.13. The predicted molar refractivity (Wildman–Crippen MR) is 59.6 cm³/mol. The van der Waals surface area contributed by atoms with E-state index in [-0.39, 0.29) is 6.04 Å². The molecule has 1 aromatic heterocycles. The molecule has 0 saturated heterocycles. The van der Waals surface area contributed by atoms with Gasteiger partial charge >= 0.3 is 0 Å². The molecule has 0 bridgehead atoms. The zero-order valence-corrected chi connectivity index (χ0v) is 9.40. The molecular formula is C11H16ClNO. The Morgan fingerprint density at radius 3 is 2.86 bits per heavy atom. The van der Waals surface area contributed by atoms with Crippen LogP contribution in [0.1, 0.15) is 31.9 Å². The van der Waals surface area contributed by atoms with E-state index in [1.165, 1.54) is 0 Å². The second-order valence-electron chi connectivity index (χ2n) is 3.42. The van der Waals surface area contributed by atoms with Gasteiger partial charge in [-0.1, -0.05) is 12.5 Å². The fraction of sp³-hybridized carbons (Fsp3) is 0.455. The lowest BCUT2D eigenvalue weighted by Crippen LogP contribution is -2.20. The second-order valence-corrected chi connectivity index (χ2v) is 3.76. The standard InChI is InChI=1S/C11H16ClNO/c1-4-13-10(7-8(2)3)9-5-6-14-11(9)12/h5-6,10,13H,2,4,7H2,1,3H3. The van der Waals surface area contributed by atoms with Crippen molar-refractivity contribution in [3.05, 3.63) is 35.3 Å². The summed E-state index contributed by atoms with van der Waals surface area (Å²) in [5.41, 5.74) is 2.14. The zero-order valence-electron chi connectivity index (χ0n) is 8.64. The largest absolute Gasteiger partial charge is 0.453 e. The van der Waals surface area contributed by atoms with Crippen LogP contribution in [0.5, 0.6) is 0 Å². The van der Waals surface area contributed by atoms with Crippen LogP contribution in [0.2, 0.25) is 5.22 Å². The van der Waals surface area contributed by atoms with Crippen molar-refractivity contribution in [2.24, 2.45) is 0 Å². The Morgan fingerprint density at radius 1 is 1.71 bits per heavy atom. The van der Waals surface area contributed by atoms with Gasteiger partial charge in [-0.05, 0) is 37.6 Å². The Hall–Kier alpha value is -0.730. The molecule has 0 aliphatic heterocycles. The van der Waals surface area contributed by atoms with E-state index in [0.717, 1.165) is 24.1 Å². The van der Waals surface area contributed by atoms with Crippen LogP contribution in [0.15, 0.2) is 28.9 Å². The summed E-state index contributed by atoms with van der Waals surface area (Å²) in [6, 6.07) is 2.11. The van der Waals surface area contributed by atoms with Crippen molar-refractivity contribution >= 4 is 11.6 Å². The van der Waals surface area contributed by atoms with E-state index < -0.39 is 0 Å². The molecule has 2 nitrogen and oxygen atoms in total. The fourth-order valence-electron chi connectivity index (χ4n) is 1.44. The third kappa shape index (κ3) is 2.89. The second kappa shape index (κ2) is 5.23. The minimum absolute atomic E-state index is 0.212. The maximum atomic E-state index is 5.92. The molecule has 1 heterocycles. The Morgan fingerprint density at radius 2 is 2.43 bits per heavy atom. The van der Waals surface area contributed by atoms with Crippen molar-refractivity contribution in [1.82, 2.24) is 5.32 Å². The van der Waals surface area contributed by atoms with Gasteiger partial charge in [0, 0.05) is 11.6 Å². The van der Waals surface area contributed by atoms with Crippen LogP contribution in [0, 0.1) is 0 Å².